The summed E-state index contributed by atoms with van der Waals surface area (Å²) in [5.41, 5.74) is 1.93. The largest absolute Gasteiger partial charge is 0.335 e. The van der Waals surface area contributed by atoms with E-state index in [2.05, 4.69) is 19.7 Å². The SMILES string of the molecule is CC(c1ccc(F)cc1)N1CCC(N2CCn3c(nnc3-c3ccc(Cl)cc3)C2)C1=O. The number of fused-ring (bicyclic) bond motifs is 1. The van der Waals surface area contributed by atoms with E-state index in [1.165, 1.54) is 12.1 Å². The number of likely N-dealkylation sites (tertiary alicyclic amines) is 1. The number of benzene rings is 2. The maximum atomic E-state index is 13.3. The predicted octanol–water partition coefficient (Wildman–Crippen LogP) is 3.92. The number of halogens is 2. The Kier molecular flexibility index (Phi) is 5.24. The average molecular weight is 440 g/mol. The van der Waals surface area contributed by atoms with E-state index < -0.39 is 0 Å². The number of hydrogen-bond donors (Lipinski definition) is 0. The highest BCUT2D eigenvalue weighted by Gasteiger charge is 2.40. The number of aromatic nitrogens is 3. The molecule has 2 aliphatic heterocycles. The topological polar surface area (TPSA) is 54.3 Å². The quantitative estimate of drug-likeness (QED) is 0.618. The van der Waals surface area contributed by atoms with E-state index in [-0.39, 0.29) is 23.8 Å². The summed E-state index contributed by atoms with van der Waals surface area (Å²) in [7, 11) is 0. The van der Waals surface area contributed by atoms with Gasteiger partial charge in [-0.25, -0.2) is 4.39 Å². The van der Waals surface area contributed by atoms with Gasteiger partial charge < -0.3 is 9.47 Å². The Morgan fingerprint density at radius 3 is 2.52 bits per heavy atom. The van der Waals surface area contributed by atoms with Crippen LogP contribution in [-0.2, 0) is 17.9 Å². The first-order chi connectivity index (χ1) is 15.0. The van der Waals surface area contributed by atoms with Gasteiger partial charge in [0.1, 0.15) is 11.6 Å². The van der Waals surface area contributed by atoms with Gasteiger partial charge in [-0.2, -0.15) is 0 Å². The van der Waals surface area contributed by atoms with E-state index in [1.807, 2.05) is 36.1 Å². The van der Waals surface area contributed by atoms with E-state index in [1.54, 1.807) is 12.1 Å². The van der Waals surface area contributed by atoms with Crippen molar-refractivity contribution in [3.63, 3.8) is 0 Å². The zero-order valence-electron chi connectivity index (χ0n) is 17.2. The molecule has 2 aromatic carbocycles. The zero-order valence-corrected chi connectivity index (χ0v) is 18.0. The second-order valence-electron chi connectivity index (χ2n) is 8.13. The molecule has 2 unspecified atom stereocenters. The summed E-state index contributed by atoms with van der Waals surface area (Å²) < 4.78 is 15.4. The van der Waals surface area contributed by atoms with E-state index >= 15 is 0 Å². The molecule has 160 valence electrons. The molecule has 1 aromatic heterocycles. The van der Waals surface area contributed by atoms with Crippen LogP contribution in [0.2, 0.25) is 5.02 Å². The third kappa shape index (κ3) is 3.72. The van der Waals surface area contributed by atoms with Crippen molar-refractivity contribution in [3.8, 4) is 11.4 Å². The van der Waals surface area contributed by atoms with Gasteiger partial charge in [-0.1, -0.05) is 23.7 Å². The van der Waals surface area contributed by atoms with Gasteiger partial charge >= 0.3 is 0 Å². The molecule has 0 radical (unpaired) electrons. The van der Waals surface area contributed by atoms with Gasteiger partial charge in [0.25, 0.3) is 0 Å². The number of carbonyl (C=O) groups excluding carboxylic acids is 1. The highest BCUT2D eigenvalue weighted by Crippen LogP contribution is 2.30. The summed E-state index contributed by atoms with van der Waals surface area (Å²) >= 11 is 6.00. The molecule has 2 aliphatic rings. The Morgan fingerprint density at radius 1 is 1.03 bits per heavy atom. The molecule has 0 bridgehead atoms. The summed E-state index contributed by atoms with van der Waals surface area (Å²) in [6.45, 7) is 4.79. The number of hydrogen-bond acceptors (Lipinski definition) is 4. The minimum atomic E-state index is -0.267. The summed E-state index contributed by atoms with van der Waals surface area (Å²) in [5.74, 6) is 1.56. The highest BCUT2D eigenvalue weighted by atomic mass is 35.5. The molecule has 1 saturated heterocycles. The fourth-order valence-corrected chi connectivity index (χ4v) is 4.71. The Hall–Kier alpha value is -2.77. The van der Waals surface area contributed by atoms with Crippen LogP contribution in [0.1, 0.15) is 30.8 Å². The molecule has 6 nitrogen and oxygen atoms in total. The lowest BCUT2D eigenvalue weighted by Gasteiger charge is -2.32. The first-order valence-corrected chi connectivity index (χ1v) is 10.9. The second kappa shape index (κ2) is 8.05. The Labute approximate surface area is 185 Å². The van der Waals surface area contributed by atoms with Gasteiger partial charge in [0.05, 0.1) is 18.6 Å². The first kappa shape index (κ1) is 20.2. The van der Waals surface area contributed by atoms with Crippen LogP contribution < -0.4 is 0 Å². The van der Waals surface area contributed by atoms with Crippen LogP contribution >= 0.6 is 11.6 Å². The molecule has 2 atom stereocenters. The Balaban J connectivity index is 1.30. The normalized spacial score (nSPS) is 20.2. The van der Waals surface area contributed by atoms with Crippen molar-refractivity contribution < 1.29 is 9.18 Å². The highest BCUT2D eigenvalue weighted by molar-refractivity contribution is 6.30. The lowest BCUT2D eigenvalue weighted by Crippen LogP contribution is -2.46. The molecule has 31 heavy (non-hydrogen) atoms. The molecule has 0 aliphatic carbocycles. The van der Waals surface area contributed by atoms with Gasteiger partial charge in [-0.05, 0) is 55.3 Å². The van der Waals surface area contributed by atoms with Crippen molar-refractivity contribution in [2.24, 2.45) is 0 Å². The van der Waals surface area contributed by atoms with Crippen LogP contribution in [-0.4, -0.2) is 49.6 Å². The minimum Gasteiger partial charge on any atom is -0.335 e. The maximum absolute atomic E-state index is 13.3. The predicted molar refractivity (Wildman–Crippen MR) is 116 cm³/mol. The molecule has 3 aromatic rings. The minimum absolute atomic E-state index is 0.0805. The second-order valence-corrected chi connectivity index (χ2v) is 8.57. The van der Waals surface area contributed by atoms with Crippen molar-refractivity contribution in [1.82, 2.24) is 24.6 Å². The van der Waals surface area contributed by atoms with Crippen LogP contribution in [0.4, 0.5) is 4.39 Å². The number of amides is 1. The van der Waals surface area contributed by atoms with Gasteiger partial charge in [0, 0.05) is 30.2 Å². The molecule has 0 spiro atoms. The van der Waals surface area contributed by atoms with Gasteiger partial charge in [0.15, 0.2) is 5.82 Å². The van der Waals surface area contributed by atoms with Crippen molar-refractivity contribution in [3.05, 3.63) is 70.8 Å². The monoisotopic (exact) mass is 439 g/mol. The Morgan fingerprint density at radius 2 is 1.77 bits per heavy atom. The maximum Gasteiger partial charge on any atom is 0.240 e. The number of carbonyl (C=O) groups is 1. The first-order valence-electron chi connectivity index (χ1n) is 10.5. The molecule has 0 N–H and O–H groups in total. The third-order valence-corrected chi connectivity index (χ3v) is 6.61. The lowest BCUT2D eigenvalue weighted by atomic mass is 10.1. The summed E-state index contributed by atoms with van der Waals surface area (Å²) in [5, 5.41) is 9.46. The van der Waals surface area contributed by atoms with Crippen molar-refractivity contribution in [2.45, 2.75) is 38.5 Å². The van der Waals surface area contributed by atoms with Crippen LogP contribution in [0.3, 0.4) is 0 Å². The standard InChI is InChI=1S/C23H23ClFN5O/c1-15(16-4-8-19(25)9-5-16)29-11-10-20(23(29)31)28-12-13-30-21(14-28)26-27-22(30)17-2-6-18(24)7-3-17/h2-9,15,20H,10-14H2,1H3. The number of rotatable bonds is 4. The third-order valence-electron chi connectivity index (χ3n) is 6.36. The fourth-order valence-electron chi connectivity index (χ4n) is 4.59. The fraction of sp³-hybridized carbons (Fsp3) is 0.348. The van der Waals surface area contributed by atoms with Crippen LogP contribution in [0.25, 0.3) is 11.4 Å². The molecule has 1 fully saturated rings. The summed E-state index contributed by atoms with van der Waals surface area (Å²) in [6, 6.07) is 13.7. The van der Waals surface area contributed by atoms with E-state index in [0.717, 1.165) is 42.3 Å². The van der Waals surface area contributed by atoms with Gasteiger partial charge in [-0.15, -0.1) is 10.2 Å². The molecule has 1 amide bonds. The van der Waals surface area contributed by atoms with Crippen molar-refractivity contribution in [2.75, 3.05) is 13.1 Å². The van der Waals surface area contributed by atoms with Gasteiger partial charge in [-0.3, -0.25) is 9.69 Å². The molecule has 0 saturated carbocycles. The van der Waals surface area contributed by atoms with E-state index in [0.29, 0.717) is 18.1 Å². The van der Waals surface area contributed by atoms with E-state index in [4.69, 9.17) is 11.6 Å². The Bertz CT molecular complexity index is 1100. The average Bonchev–Trinajstić information content (AvgIpc) is 3.37. The lowest BCUT2D eigenvalue weighted by molar-refractivity contribution is -0.134. The zero-order chi connectivity index (χ0) is 21.5. The van der Waals surface area contributed by atoms with Crippen LogP contribution in [0, 0.1) is 5.82 Å². The summed E-state index contributed by atoms with van der Waals surface area (Å²) in [4.78, 5) is 17.3. The van der Waals surface area contributed by atoms with Crippen LogP contribution in [0.15, 0.2) is 48.5 Å². The molecular formula is C23H23ClFN5O. The molecule has 5 rings (SSSR count). The van der Waals surface area contributed by atoms with Crippen LogP contribution in [0.5, 0.6) is 0 Å². The molecule has 8 heteroatoms. The smallest absolute Gasteiger partial charge is 0.240 e. The number of nitrogens with zero attached hydrogens (tertiary/aromatic N) is 5. The summed E-state index contributed by atoms with van der Waals surface area (Å²) in [6.07, 6.45) is 0.780. The molecule has 3 heterocycles. The molecular weight excluding hydrogens is 417 g/mol. The van der Waals surface area contributed by atoms with Crippen molar-refractivity contribution >= 4 is 17.5 Å². The van der Waals surface area contributed by atoms with Crippen molar-refractivity contribution in [1.29, 1.82) is 0 Å². The van der Waals surface area contributed by atoms with Gasteiger partial charge in [0.2, 0.25) is 5.91 Å². The van der Waals surface area contributed by atoms with E-state index in [9.17, 15) is 9.18 Å².